The maximum absolute atomic E-state index is 11.1. The minimum absolute atomic E-state index is 0.0481. The summed E-state index contributed by atoms with van der Waals surface area (Å²) in [5, 5.41) is 16.5. The summed E-state index contributed by atoms with van der Waals surface area (Å²) in [5.41, 5.74) is 0.504. The zero-order chi connectivity index (χ0) is 14.6. The van der Waals surface area contributed by atoms with Gasteiger partial charge in [-0.25, -0.2) is 17.9 Å². The van der Waals surface area contributed by atoms with Gasteiger partial charge in [-0.3, -0.25) is 0 Å². The molecule has 0 unspecified atom stereocenters. The van der Waals surface area contributed by atoms with Gasteiger partial charge in [0.2, 0.25) is 0 Å². The van der Waals surface area contributed by atoms with Crippen molar-refractivity contribution in [3.8, 4) is 0 Å². The Labute approximate surface area is 112 Å². The zero-order valence-corrected chi connectivity index (χ0v) is 12.1. The molecule has 0 saturated heterocycles. The van der Waals surface area contributed by atoms with Crippen molar-refractivity contribution in [1.82, 2.24) is 15.0 Å². The second-order valence-electron chi connectivity index (χ2n) is 4.99. The lowest BCUT2D eigenvalue weighted by Gasteiger charge is -2.08. The Balaban J connectivity index is 2.85. The van der Waals surface area contributed by atoms with Gasteiger partial charge in [0.1, 0.15) is 9.84 Å². The predicted molar refractivity (Wildman–Crippen MR) is 69.9 cm³/mol. The van der Waals surface area contributed by atoms with Crippen molar-refractivity contribution in [3.63, 3.8) is 0 Å². The first-order valence-corrected chi connectivity index (χ1v) is 8.10. The third-order valence-corrected chi connectivity index (χ3v) is 3.56. The highest BCUT2D eigenvalue weighted by atomic mass is 32.2. The Morgan fingerprint density at radius 3 is 2.53 bits per heavy atom. The summed E-state index contributed by atoms with van der Waals surface area (Å²) in [6.45, 7) is 4.30. The predicted octanol–water partition coefficient (Wildman–Crippen LogP) is 0.610. The fourth-order valence-electron chi connectivity index (χ4n) is 1.74. The molecule has 1 rings (SSSR count). The number of hydrogen-bond acceptors (Lipinski definition) is 5. The Morgan fingerprint density at radius 1 is 1.42 bits per heavy atom. The van der Waals surface area contributed by atoms with E-state index in [1.54, 1.807) is 0 Å². The maximum atomic E-state index is 11.1. The van der Waals surface area contributed by atoms with E-state index < -0.39 is 15.8 Å². The molecule has 0 saturated carbocycles. The summed E-state index contributed by atoms with van der Waals surface area (Å²) in [5.74, 6) is -0.786. The minimum atomic E-state index is -3.02. The number of aromatic nitrogens is 3. The molecule has 0 spiro atoms. The minimum Gasteiger partial charge on any atom is -0.476 e. The van der Waals surface area contributed by atoms with Gasteiger partial charge in [0.15, 0.2) is 5.69 Å². The highest BCUT2D eigenvalue weighted by Crippen LogP contribution is 2.12. The molecule has 0 radical (unpaired) electrons. The quantitative estimate of drug-likeness (QED) is 0.789. The summed E-state index contributed by atoms with van der Waals surface area (Å²) in [7, 11) is -3.02. The Bertz CT molecular complexity index is 548. The molecule has 0 bridgehead atoms. The van der Waals surface area contributed by atoms with Gasteiger partial charge < -0.3 is 5.11 Å². The molecular formula is C11H19N3O4S. The monoisotopic (exact) mass is 289 g/mol. The molecule has 0 atom stereocenters. The van der Waals surface area contributed by atoms with Crippen LogP contribution in [-0.4, -0.2) is 46.5 Å². The number of carboxylic acid groups (broad SMARTS) is 1. The van der Waals surface area contributed by atoms with E-state index in [1.807, 2.05) is 13.8 Å². The van der Waals surface area contributed by atoms with Crippen LogP contribution in [0.5, 0.6) is 0 Å². The Kier molecular flexibility index (Phi) is 5.04. The third kappa shape index (κ3) is 4.98. The summed E-state index contributed by atoms with van der Waals surface area (Å²) in [6, 6.07) is 0. The number of carboxylic acids is 1. The fraction of sp³-hybridized carbons (Fsp3) is 0.727. The van der Waals surface area contributed by atoms with E-state index in [0.717, 1.165) is 0 Å². The summed E-state index contributed by atoms with van der Waals surface area (Å²) in [4.78, 5) is 11.0. The Hall–Kier alpha value is -1.44. The first-order chi connectivity index (χ1) is 8.70. The van der Waals surface area contributed by atoms with Crippen LogP contribution in [0.2, 0.25) is 0 Å². The van der Waals surface area contributed by atoms with Crippen LogP contribution in [-0.2, 0) is 22.8 Å². The smallest absolute Gasteiger partial charge is 0.358 e. The van der Waals surface area contributed by atoms with Crippen LogP contribution in [0.4, 0.5) is 0 Å². The topological polar surface area (TPSA) is 102 Å². The number of nitrogens with zero attached hydrogens (tertiary/aromatic N) is 3. The van der Waals surface area contributed by atoms with Crippen molar-refractivity contribution in [3.05, 3.63) is 11.4 Å². The molecule has 108 valence electrons. The fourth-order valence-corrected chi connectivity index (χ4v) is 2.40. The molecule has 1 aromatic rings. The average Bonchev–Trinajstić information content (AvgIpc) is 2.59. The van der Waals surface area contributed by atoms with E-state index in [-0.39, 0.29) is 17.4 Å². The first-order valence-electron chi connectivity index (χ1n) is 6.04. The normalized spacial score (nSPS) is 12.0. The van der Waals surface area contributed by atoms with Gasteiger partial charge >= 0.3 is 5.97 Å². The van der Waals surface area contributed by atoms with Gasteiger partial charge in [-0.15, -0.1) is 5.10 Å². The molecule has 19 heavy (non-hydrogen) atoms. The molecule has 0 aliphatic rings. The molecule has 1 N–H and O–H groups in total. The molecule has 0 fully saturated rings. The average molecular weight is 289 g/mol. The number of rotatable bonds is 7. The highest BCUT2D eigenvalue weighted by molar-refractivity contribution is 7.90. The van der Waals surface area contributed by atoms with Crippen LogP contribution in [0.1, 0.15) is 36.5 Å². The van der Waals surface area contributed by atoms with Crippen molar-refractivity contribution < 1.29 is 18.3 Å². The van der Waals surface area contributed by atoms with E-state index in [4.69, 9.17) is 5.11 Å². The van der Waals surface area contributed by atoms with Crippen LogP contribution in [0, 0.1) is 5.92 Å². The largest absolute Gasteiger partial charge is 0.476 e. The summed E-state index contributed by atoms with van der Waals surface area (Å²) >= 11 is 0. The van der Waals surface area contributed by atoms with Gasteiger partial charge in [-0.1, -0.05) is 19.1 Å². The zero-order valence-electron chi connectivity index (χ0n) is 11.3. The van der Waals surface area contributed by atoms with Crippen LogP contribution in [0.15, 0.2) is 0 Å². The van der Waals surface area contributed by atoms with E-state index >= 15 is 0 Å². The lowest BCUT2D eigenvalue weighted by molar-refractivity contribution is 0.0689. The standard InChI is InChI=1S/C11H19N3O4S/c1-8(2)7-9-10(11(15)16)12-13-14(9)5-4-6-19(3,17)18/h8H,4-7H2,1-3H3,(H,15,16). The van der Waals surface area contributed by atoms with Gasteiger partial charge in [0.05, 0.1) is 11.4 Å². The van der Waals surface area contributed by atoms with E-state index in [2.05, 4.69) is 10.3 Å². The van der Waals surface area contributed by atoms with Gasteiger partial charge in [-0.2, -0.15) is 0 Å². The van der Waals surface area contributed by atoms with E-state index in [9.17, 15) is 13.2 Å². The molecule has 7 nitrogen and oxygen atoms in total. The molecule has 8 heteroatoms. The number of sulfone groups is 1. The lowest BCUT2D eigenvalue weighted by atomic mass is 10.1. The van der Waals surface area contributed by atoms with Gasteiger partial charge in [0.25, 0.3) is 0 Å². The molecule has 1 heterocycles. The molecular weight excluding hydrogens is 270 g/mol. The Morgan fingerprint density at radius 2 is 2.05 bits per heavy atom. The highest BCUT2D eigenvalue weighted by Gasteiger charge is 2.19. The molecule has 1 aromatic heterocycles. The van der Waals surface area contributed by atoms with Crippen LogP contribution in [0.3, 0.4) is 0 Å². The molecule has 0 aliphatic carbocycles. The van der Waals surface area contributed by atoms with Crippen LogP contribution < -0.4 is 0 Å². The third-order valence-electron chi connectivity index (χ3n) is 2.53. The second-order valence-corrected chi connectivity index (χ2v) is 7.25. The van der Waals surface area contributed by atoms with E-state index in [0.29, 0.717) is 25.1 Å². The van der Waals surface area contributed by atoms with Crippen LogP contribution >= 0.6 is 0 Å². The number of aryl methyl sites for hydroxylation is 1. The molecule has 0 aromatic carbocycles. The van der Waals surface area contributed by atoms with Crippen molar-refractivity contribution in [2.75, 3.05) is 12.0 Å². The van der Waals surface area contributed by atoms with Gasteiger partial charge in [-0.05, 0) is 18.8 Å². The van der Waals surface area contributed by atoms with Crippen molar-refractivity contribution in [1.29, 1.82) is 0 Å². The van der Waals surface area contributed by atoms with E-state index in [1.165, 1.54) is 10.9 Å². The van der Waals surface area contributed by atoms with Crippen molar-refractivity contribution in [2.24, 2.45) is 5.92 Å². The van der Waals surface area contributed by atoms with Gasteiger partial charge in [0, 0.05) is 12.8 Å². The molecule has 0 amide bonds. The summed E-state index contributed by atoms with van der Waals surface area (Å²) in [6.07, 6.45) is 2.12. The number of hydrogen-bond donors (Lipinski definition) is 1. The lowest BCUT2D eigenvalue weighted by Crippen LogP contribution is -2.13. The maximum Gasteiger partial charge on any atom is 0.358 e. The SMILES string of the molecule is CC(C)Cc1c(C(=O)O)nnn1CCCS(C)(=O)=O. The number of aromatic carboxylic acids is 1. The number of carbonyl (C=O) groups is 1. The van der Waals surface area contributed by atoms with Crippen LogP contribution in [0.25, 0.3) is 0 Å². The van der Waals surface area contributed by atoms with Crippen molar-refractivity contribution >= 4 is 15.8 Å². The molecule has 0 aliphatic heterocycles. The summed E-state index contributed by atoms with van der Waals surface area (Å²) < 4.78 is 23.6. The first kappa shape index (κ1) is 15.6. The van der Waals surface area contributed by atoms with Crippen molar-refractivity contribution in [2.45, 2.75) is 33.2 Å². The second kappa shape index (κ2) is 6.14.